The van der Waals surface area contributed by atoms with Gasteiger partial charge in [0.2, 0.25) is 5.91 Å². The molecule has 92 valence electrons. The summed E-state index contributed by atoms with van der Waals surface area (Å²) in [4.78, 5) is 11.7. The van der Waals surface area contributed by atoms with Crippen molar-refractivity contribution in [1.29, 1.82) is 0 Å². The molecule has 4 unspecified atom stereocenters. The average molecular weight is 225 g/mol. The van der Waals surface area contributed by atoms with E-state index in [1.807, 2.05) is 0 Å². The smallest absolute Gasteiger partial charge is 0.223 e. The Labute approximate surface area is 97.6 Å². The molecule has 0 aromatic rings. The van der Waals surface area contributed by atoms with Crippen molar-refractivity contribution in [3.8, 4) is 0 Å². The summed E-state index contributed by atoms with van der Waals surface area (Å²) in [5, 5.41) is 13.3. The fraction of sp³-hybridized carbons (Fsp3) is 0.923. The van der Waals surface area contributed by atoms with Crippen LogP contribution in [0.1, 0.15) is 46.0 Å². The number of nitrogens with one attached hydrogen (secondary N) is 1. The van der Waals surface area contributed by atoms with Gasteiger partial charge in [-0.3, -0.25) is 4.79 Å². The van der Waals surface area contributed by atoms with Crippen molar-refractivity contribution in [2.75, 3.05) is 6.54 Å². The highest BCUT2D eigenvalue weighted by Crippen LogP contribution is 2.38. The third kappa shape index (κ3) is 2.76. The molecule has 0 aromatic carbocycles. The van der Waals surface area contributed by atoms with Crippen LogP contribution in [0.25, 0.3) is 0 Å². The summed E-state index contributed by atoms with van der Waals surface area (Å²) in [6.45, 7) is 4.72. The molecule has 0 saturated heterocycles. The van der Waals surface area contributed by atoms with Crippen LogP contribution in [0.3, 0.4) is 0 Å². The summed E-state index contributed by atoms with van der Waals surface area (Å²) in [7, 11) is 0. The predicted molar refractivity (Wildman–Crippen MR) is 62.9 cm³/mol. The first-order chi connectivity index (χ1) is 7.50. The second kappa shape index (κ2) is 4.36. The summed E-state index contributed by atoms with van der Waals surface area (Å²) in [6, 6.07) is 0. The lowest BCUT2D eigenvalue weighted by atomic mass is 9.79. The molecule has 0 aromatic heterocycles. The predicted octanol–water partition coefficient (Wildman–Crippen LogP) is 1.70. The van der Waals surface area contributed by atoms with Crippen molar-refractivity contribution in [2.45, 2.75) is 51.6 Å². The Morgan fingerprint density at radius 2 is 2.19 bits per heavy atom. The minimum Gasteiger partial charge on any atom is -0.388 e. The molecule has 3 heteroatoms. The molecule has 1 amide bonds. The topological polar surface area (TPSA) is 49.3 Å². The number of carbonyl (C=O) groups excluding carboxylic acids is 1. The summed E-state index contributed by atoms with van der Waals surface area (Å²) >= 11 is 0. The maximum Gasteiger partial charge on any atom is 0.223 e. The molecular formula is C13H23NO2. The van der Waals surface area contributed by atoms with Gasteiger partial charge in [-0.05, 0) is 31.1 Å². The van der Waals surface area contributed by atoms with Crippen LogP contribution < -0.4 is 5.32 Å². The van der Waals surface area contributed by atoms with E-state index >= 15 is 0 Å². The van der Waals surface area contributed by atoms with Crippen molar-refractivity contribution in [3.63, 3.8) is 0 Å². The maximum atomic E-state index is 11.7. The van der Waals surface area contributed by atoms with Gasteiger partial charge in [0.25, 0.3) is 0 Å². The number of aliphatic hydroxyl groups is 1. The Morgan fingerprint density at radius 1 is 1.50 bits per heavy atom. The molecule has 0 radical (unpaired) electrons. The number of rotatable bonds is 3. The molecular weight excluding hydrogens is 202 g/mol. The molecule has 2 N–H and O–H groups in total. The minimum atomic E-state index is -0.647. The molecule has 0 heterocycles. The maximum absolute atomic E-state index is 11.7. The third-order valence-corrected chi connectivity index (χ3v) is 4.11. The highest BCUT2D eigenvalue weighted by molar-refractivity contribution is 5.81. The van der Waals surface area contributed by atoms with Gasteiger partial charge in [0.05, 0.1) is 5.60 Å². The van der Waals surface area contributed by atoms with Crippen molar-refractivity contribution >= 4 is 5.91 Å². The molecule has 2 fully saturated rings. The minimum absolute atomic E-state index is 0.138. The first kappa shape index (κ1) is 11.9. The molecule has 0 spiro atoms. The third-order valence-electron chi connectivity index (χ3n) is 4.11. The van der Waals surface area contributed by atoms with Gasteiger partial charge in [-0.15, -0.1) is 0 Å². The first-order valence-electron chi connectivity index (χ1n) is 6.50. The SMILES string of the molecule is CC1CCCC(O)(CNC(=O)C2CC2C)C1. The van der Waals surface area contributed by atoms with Crippen LogP contribution in [0, 0.1) is 17.8 Å². The number of hydrogen-bond donors (Lipinski definition) is 2. The van der Waals surface area contributed by atoms with E-state index in [0.717, 1.165) is 25.7 Å². The zero-order valence-electron chi connectivity index (χ0n) is 10.3. The average Bonchev–Trinajstić information content (AvgIpc) is 2.92. The quantitative estimate of drug-likeness (QED) is 0.768. The molecule has 3 nitrogen and oxygen atoms in total. The lowest BCUT2D eigenvalue weighted by Crippen LogP contribution is -2.46. The van der Waals surface area contributed by atoms with E-state index in [1.54, 1.807) is 0 Å². The van der Waals surface area contributed by atoms with Crippen LogP contribution in [-0.2, 0) is 4.79 Å². The Balaban J connectivity index is 1.77. The van der Waals surface area contributed by atoms with Gasteiger partial charge >= 0.3 is 0 Å². The lowest BCUT2D eigenvalue weighted by Gasteiger charge is -2.35. The second-order valence-electron chi connectivity index (χ2n) is 5.96. The fourth-order valence-electron chi connectivity index (χ4n) is 2.86. The Morgan fingerprint density at radius 3 is 2.75 bits per heavy atom. The largest absolute Gasteiger partial charge is 0.388 e. The van der Waals surface area contributed by atoms with Gasteiger partial charge in [0, 0.05) is 12.5 Å². The van der Waals surface area contributed by atoms with Crippen molar-refractivity contribution in [3.05, 3.63) is 0 Å². The Kier molecular flexibility index (Phi) is 3.24. The van der Waals surface area contributed by atoms with Crippen LogP contribution in [0.2, 0.25) is 0 Å². The van der Waals surface area contributed by atoms with Crippen LogP contribution in [0.15, 0.2) is 0 Å². The zero-order chi connectivity index (χ0) is 11.8. The molecule has 16 heavy (non-hydrogen) atoms. The van der Waals surface area contributed by atoms with Crippen LogP contribution in [0.5, 0.6) is 0 Å². The van der Waals surface area contributed by atoms with E-state index in [9.17, 15) is 9.90 Å². The van der Waals surface area contributed by atoms with Gasteiger partial charge < -0.3 is 10.4 Å². The normalized spacial score (nSPS) is 42.8. The highest BCUT2D eigenvalue weighted by Gasteiger charge is 2.40. The van der Waals surface area contributed by atoms with Crippen molar-refractivity contribution in [1.82, 2.24) is 5.32 Å². The van der Waals surface area contributed by atoms with Gasteiger partial charge in [-0.25, -0.2) is 0 Å². The van der Waals surface area contributed by atoms with Gasteiger partial charge in [0.1, 0.15) is 0 Å². The number of hydrogen-bond acceptors (Lipinski definition) is 2. The molecule has 2 rings (SSSR count). The molecule has 0 bridgehead atoms. The lowest BCUT2D eigenvalue weighted by molar-refractivity contribution is -0.124. The van der Waals surface area contributed by atoms with Gasteiger partial charge in [-0.1, -0.05) is 26.7 Å². The summed E-state index contributed by atoms with van der Waals surface area (Å²) < 4.78 is 0. The highest BCUT2D eigenvalue weighted by atomic mass is 16.3. The van der Waals surface area contributed by atoms with E-state index in [-0.39, 0.29) is 11.8 Å². The monoisotopic (exact) mass is 225 g/mol. The molecule has 4 atom stereocenters. The van der Waals surface area contributed by atoms with E-state index < -0.39 is 5.60 Å². The van der Waals surface area contributed by atoms with Crippen molar-refractivity contribution < 1.29 is 9.90 Å². The first-order valence-corrected chi connectivity index (χ1v) is 6.50. The van der Waals surface area contributed by atoms with Gasteiger partial charge in [0.15, 0.2) is 0 Å². The van der Waals surface area contributed by atoms with Crippen LogP contribution >= 0.6 is 0 Å². The Hall–Kier alpha value is -0.570. The zero-order valence-corrected chi connectivity index (χ0v) is 10.3. The number of carbonyl (C=O) groups is 1. The molecule has 2 aliphatic carbocycles. The van der Waals surface area contributed by atoms with E-state index in [0.29, 0.717) is 18.4 Å². The summed E-state index contributed by atoms with van der Waals surface area (Å²) in [5.74, 6) is 1.47. The second-order valence-corrected chi connectivity index (χ2v) is 5.96. The molecule has 2 saturated carbocycles. The van der Waals surface area contributed by atoms with E-state index in [4.69, 9.17) is 0 Å². The summed E-state index contributed by atoms with van der Waals surface area (Å²) in [6.07, 6.45) is 4.95. The molecule has 0 aliphatic heterocycles. The van der Waals surface area contributed by atoms with Crippen LogP contribution in [-0.4, -0.2) is 23.2 Å². The standard InChI is InChI=1S/C13H23NO2/c1-9-4-3-5-13(16,7-9)8-14-12(15)11-6-10(11)2/h9-11,16H,3-8H2,1-2H3,(H,14,15). The fourth-order valence-corrected chi connectivity index (χ4v) is 2.86. The van der Waals surface area contributed by atoms with E-state index in [2.05, 4.69) is 19.2 Å². The van der Waals surface area contributed by atoms with Crippen LogP contribution in [0.4, 0.5) is 0 Å². The molecule has 2 aliphatic rings. The Bertz CT molecular complexity index is 279. The number of amides is 1. The van der Waals surface area contributed by atoms with Crippen molar-refractivity contribution in [2.24, 2.45) is 17.8 Å². The summed E-state index contributed by atoms with van der Waals surface area (Å²) in [5.41, 5.74) is -0.647. The van der Waals surface area contributed by atoms with Gasteiger partial charge in [-0.2, -0.15) is 0 Å². The van der Waals surface area contributed by atoms with E-state index in [1.165, 1.54) is 6.42 Å².